The zero-order valence-corrected chi connectivity index (χ0v) is 14.5. The summed E-state index contributed by atoms with van der Waals surface area (Å²) in [7, 11) is -3.39. The van der Waals surface area contributed by atoms with Crippen LogP contribution in [0.1, 0.15) is 31.7 Å². The predicted octanol–water partition coefficient (Wildman–Crippen LogP) is 4.11. The maximum Gasteiger partial charge on any atom is 0.243 e. The van der Waals surface area contributed by atoms with E-state index in [9.17, 15) is 8.42 Å². The molecule has 0 unspecified atom stereocenters. The van der Waals surface area contributed by atoms with Crippen LogP contribution in [0.15, 0.2) is 65.6 Å². The average Bonchev–Trinajstić information content (AvgIpc) is 2.59. The number of benzene rings is 2. The smallest absolute Gasteiger partial charge is 0.207 e. The Kier molecular flexibility index (Phi) is 6.81. The van der Waals surface area contributed by atoms with Gasteiger partial charge in [-0.05, 0) is 37.0 Å². The molecule has 0 saturated carbocycles. The molecule has 0 heterocycles. The molecular formula is C19H25NO2S. The summed E-state index contributed by atoms with van der Waals surface area (Å²) in [5.74, 6) is 0. The monoisotopic (exact) mass is 331 g/mol. The summed E-state index contributed by atoms with van der Waals surface area (Å²) in [6.45, 7) is 3.23. The average molecular weight is 331 g/mol. The van der Waals surface area contributed by atoms with E-state index < -0.39 is 10.0 Å². The summed E-state index contributed by atoms with van der Waals surface area (Å²) in [4.78, 5) is 0.385. The molecule has 0 amide bonds. The van der Waals surface area contributed by atoms with Crippen LogP contribution in [0, 0.1) is 0 Å². The van der Waals surface area contributed by atoms with Crippen molar-refractivity contribution in [2.24, 2.45) is 0 Å². The van der Waals surface area contributed by atoms with Crippen LogP contribution in [-0.4, -0.2) is 25.8 Å². The maximum absolute atomic E-state index is 12.8. The first-order chi connectivity index (χ1) is 11.1. The van der Waals surface area contributed by atoms with Crippen molar-refractivity contribution in [2.75, 3.05) is 13.1 Å². The lowest BCUT2D eigenvalue weighted by Crippen LogP contribution is -2.33. The van der Waals surface area contributed by atoms with Gasteiger partial charge in [0, 0.05) is 13.1 Å². The Balaban J connectivity index is 2.04. The molecule has 0 aliphatic rings. The third kappa shape index (κ3) is 5.19. The van der Waals surface area contributed by atoms with E-state index in [1.807, 2.05) is 24.3 Å². The van der Waals surface area contributed by atoms with Gasteiger partial charge in [-0.15, -0.1) is 0 Å². The Morgan fingerprint density at radius 1 is 0.826 bits per heavy atom. The molecule has 3 nitrogen and oxygen atoms in total. The van der Waals surface area contributed by atoms with Gasteiger partial charge < -0.3 is 0 Å². The lowest BCUT2D eigenvalue weighted by molar-refractivity contribution is 0.397. The van der Waals surface area contributed by atoms with E-state index in [0.717, 1.165) is 25.7 Å². The number of hydrogen-bond acceptors (Lipinski definition) is 2. The molecule has 0 spiro atoms. The fraction of sp³-hybridized carbons (Fsp3) is 0.368. The van der Waals surface area contributed by atoms with Gasteiger partial charge in [0.25, 0.3) is 0 Å². The van der Waals surface area contributed by atoms with E-state index in [4.69, 9.17) is 0 Å². The Bertz CT molecular complexity index is 669. The summed E-state index contributed by atoms with van der Waals surface area (Å²) in [6, 6.07) is 18.9. The third-order valence-electron chi connectivity index (χ3n) is 3.86. The minimum Gasteiger partial charge on any atom is -0.207 e. The van der Waals surface area contributed by atoms with Gasteiger partial charge in [0.1, 0.15) is 0 Å². The van der Waals surface area contributed by atoms with E-state index in [2.05, 4.69) is 19.1 Å². The fourth-order valence-corrected chi connectivity index (χ4v) is 4.07. The number of rotatable bonds is 9. The van der Waals surface area contributed by atoms with Crippen LogP contribution in [0.4, 0.5) is 0 Å². The number of sulfonamides is 1. The first-order valence-electron chi connectivity index (χ1n) is 8.23. The molecule has 0 aliphatic carbocycles. The Labute approximate surface area is 140 Å². The van der Waals surface area contributed by atoms with Crippen molar-refractivity contribution in [3.8, 4) is 0 Å². The molecule has 0 radical (unpaired) electrons. The van der Waals surface area contributed by atoms with Gasteiger partial charge in [0.05, 0.1) is 4.90 Å². The van der Waals surface area contributed by atoms with Crippen molar-refractivity contribution in [3.05, 3.63) is 66.2 Å². The lowest BCUT2D eigenvalue weighted by atomic mass is 10.1. The highest BCUT2D eigenvalue weighted by atomic mass is 32.2. The molecule has 2 rings (SSSR count). The van der Waals surface area contributed by atoms with Crippen molar-refractivity contribution in [1.82, 2.24) is 4.31 Å². The quantitative estimate of drug-likeness (QED) is 0.693. The van der Waals surface area contributed by atoms with Crippen molar-refractivity contribution >= 4 is 10.0 Å². The molecule has 0 saturated heterocycles. The molecule has 0 atom stereocenters. The van der Waals surface area contributed by atoms with Crippen molar-refractivity contribution < 1.29 is 8.42 Å². The summed E-state index contributed by atoms with van der Waals surface area (Å²) in [5, 5.41) is 0. The van der Waals surface area contributed by atoms with Gasteiger partial charge >= 0.3 is 0 Å². The molecule has 0 N–H and O–H groups in total. The SMILES string of the molecule is CCCCN(CCCc1ccccc1)S(=O)(=O)c1ccccc1. The molecule has 23 heavy (non-hydrogen) atoms. The van der Waals surface area contributed by atoms with Crippen LogP contribution in [0.5, 0.6) is 0 Å². The van der Waals surface area contributed by atoms with Crippen LogP contribution in [0.2, 0.25) is 0 Å². The summed E-state index contributed by atoms with van der Waals surface area (Å²) in [6.07, 6.45) is 3.60. The zero-order chi connectivity index (χ0) is 16.5. The molecule has 2 aromatic carbocycles. The number of nitrogens with zero attached hydrogens (tertiary/aromatic N) is 1. The van der Waals surface area contributed by atoms with Crippen molar-refractivity contribution in [3.63, 3.8) is 0 Å². The number of unbranched alkanes of at least 4 members (excludes halogenated alkanes) is 1. The highest BCUT2D eigenvalue weighted by Gasteiger charge is 2.23. The third-order valence-corrected chi connectivity index (χ3v) is 5.77. The Morgan fingerprint density at radius 3 is 2.00 bits per heavy atom. The van der Waals surface area contributed by atoms with Gasteiger partial charge in [-0.1, -0.05) is 61.9 Å². The number of aryl methyl sites for hydroxylation is 1. The Hall–Kier alpha value is -1.65. The zero-order valence-electron chi connectivity index (χ0n) is 13.7. The topological polar surface area (TPSA) is 37.4 Å². The molecular weight excluding hydrogens is 306 g/mol. The second kappa shape index (κ2) is 8.85. The maximum atomic E-state index is 12.8. The van der Waals surface area contributed by atoms with Crippen LogP contribution in [0.25, 0.3) is 0 Å². The Morgan fingerprint density at radius 2 is 1.39 bits per heavy atom. The molecule has 124 valence electrons. The first kappa shape index (κ1) is 17.7. The van der Waals surface area contributed by atoms with Crippen LogP contribution < -0.4 is 0 Å². The highest BCUT2D eigenvalue weighted by Crippen LogP contribution is 2.17. The van der Waals surface area contributed by atoms with E-state index in [1.54, 1.807) is 28.6 Å². The van der Waals surface area contributed by atoms with Gasteiger partial charge in [-0.3, -0.25) is 0 Å². The van der Waals surface area contributed by atoms with Gasteiger partial charge in [-0.25, -0.2) is 8.42 Å². The van der Waals surface area contributed by atoms with E-state index in [1.165, 1.54) is 5.56 Å². The standard InChI is InChI=1S/C19H25NO2S/c1-2-3-16-20(17-10-13-18-11-6-4-7-12-18)23(21,22)19-14-8-5-9-15-19/h4-9,11-12,14-15H,2-3,10,13,16-17H2,1H3. The molecule has 0 aromatic heterocycles. The summed E-state index contributed by atoms with van der Waals surface area (Å²) < 4.78 is 27.2. The molecule has 2 aromatic rings. The van der Waals surface area contributed by atoms with Gasteiger partial charge in [0.15, 0.2) is 0 Å². The molecule has 0 fully saturated rings. The first-order valence-corrected chi connectivity index (χ1v) is 9.67. The van der Waals surface area contributed by atoms with E-state index >= 15 is 0 Å². The predicted molar refractivity (Wildman–Crippen MR) is 94.9 cm³/mol. The number of hydrogen-bond donors (Lipinski definition) is 0. The fourth-order valence-electron chi connectivity index (χ4n) is 2.53. The van der Waals surface area contributed by atoms with E-state index in [-0.39, 0.29) is 0 Å². The van der Waals surface area contributed by atoms with Crippen molar-refractivity contribution in [2.45, 2.75) is 37.5 Å². The van der Waals surface area contributed by atoms with Crippen LogP contribution in [-0.2, 0) is 16.4 Å². The van der Waals surface area contributed by atoms with Gasteiger partial charge in [-0.2, -0.15) is 4.31 Å². The van der Waals surface area contributed by atoms with Crippen LogP contribution in [0.3, 0.4) is 0 Å². The van der Waals surface area contributed by atoms with Crippen LogP contribution >= 0.6 is 0 Å². The summed E-state index contributed by atoms with van der Waals surface area (Å²) >= 11 is 0. The van der Waals surface area contributed by atoms with Gasteiger partial charge in [0.2, 0.25) is 10.0 Å². The molecule has 4 heteroatoms. The largest absolute Gasteiger partial charge is 0.243 e. The molecule has 0 aliphatic heterocycles. The highest BCUT2D eigenvalue weighted by molar-refractivity contribution is 7.89. The second-order valence-electron chi connectivity index (χ2n) is 5.66. The summed E-state index contributed by atoms with van der Waals surface area (Å²) in [5.41, 5.74) is 1.25. The minimum absolute atomic E-state index is 0.385. The second-order valence-corrected chi connectivity index (χ2v) is 7.60. The minimum atomic E-state index is -3.39. The molecule has 0 bridgehead atoms. The van der Waals surface area contributed by atoms with Crippen molar-refractivity contribution in [1.29, 1.82) is 0 Å². The lowest BCUT2D eigenvalue weighted by Gasteiger charge is -2.22. The van der Waals surface area contributed by atoms with E-state index in [0.29, 0.717) is 18.0 Å². The normalized spacial score (nSPS) is 11.7.